The predicted octanol–water partition coefficient (Wildman–Crippen LogP) is 3.63. The first kappa shape index (κ1) is 15.4. The van der Waals surface area contributed by atoms with Crippen molar-refractivity contribution in [3.8, 4) is 0 Å². The Bertz CT molecular complexity index is 576. The molecule has 1 heterocycles. The van der Waals surface area contributed by atoms with Gasteiger partial charge in [0.05, 0.1) is 14.9 Å². The Morgan fingerprint density at radius 3 is 2.53 bits per heavy atom. The molecule has 19 heavy (non-hydrogen) atoms. The highest BCUT2D eigenvalue weighted by Gasteiger charge is 2.32. The molecule has 1 saturated heterocycles. The zero-order chi connectivity index (χ0) is 14.2. The van der Waals surface area contributed by atoms with Crippen LogP contribution in [0.1, 0.15) is 13.3 Å². The molecule has 0 N–H and O–H groups in total. The van der Waals surface area contributed by atoms with Gasteiger partial charge in [0, 0.05) is 18.5 Å². The molecule has 2 unspecified atom stereocenters. The molecule has 1 aromatic rings. The number of hydrogen-bond acceptors (Lipinski definition) is 2. The maximum absolute atomic E-state index is 12.5. The maximum Gasteiger partial charge on any atom is 0.243 e. The predicted molar refractivity (Wildman–Crippen MR) is 78.6 cm³/mol. The fraction of sp³-hybridized carbons (Fsp3) is 0.500. The summed E-state index contributed by atoms with van der Waals surface area (Å²) in [6, 6.07) is 4.33. The summed E-state index contributed by atoms with van der Waals surface area (Å²) < 4.78 is 26.3. The second kappa shape index (κ2) is 5.78. The van der Waals surface area contributed by atoms with Gasteiger partial charge in [-0.25, -0.2) is 8.42 Å². The molecule has 106 valence electrons. The van der Waals surface area contributed by atoms with Crippen LogP contribution in [0.5, 0.6) is 0 Å². The lowest BCUT2D eigenvalue weighted by Gasteiger charge is -2.33. The van der Waals surface area contributed by atoms with Gasteiger partial charge in [-0.15, -0.1) is 11.6 Å². The van der Waals surface area contributed by atoms with Crippen LogP contribution in [-0.4, -0.2) is 31.2 Å². The molecule has 2 rings (SSSR count). The molecule has 1 aliphatic heterocycles. The SMILES string of the molecule is CC1CCN(S(=O)(=O)c2ccc(Cl)c(Cl)c2)CC1Cl. The van der Waals surface area contributed by atoms with E-state index < -0.39 is 10.0 Å². The van der Waals surface area contributed by atoms with Gasteiger partial charge in [-0.1, -0.05) is 30.1 Å². The van der Waals surface area contributed by atoms with E-state index >= 15 is 0 Å². The lowest BCUT2D eigenvalue weighted by molar-refractivity contribution is 0.293. The van der Waals surface area contributed by atoms with Gasteiger partial charge in [-0.3, -0.25) is 0 Å². The number of nitrogens with zero attached hydrogens (tertiary/aromatic N) is 1. The molecule has 0 aliphatic carbocycles. The Labute approximate surface area is 128 Å². The number of sulfonamides is 1. The molecule has 0 aromatic heterocycles. The van der Waals surface area contributed by atoms with Crippen LogP contribution >= 0.6 is 34.8 Å². The molecule has 0 bridgehead atoms. The highest BCUT2D eigenvalue weighted by molar-refractivity contribution is 7.89. The zero-order valence-electron chi connectivity index (χ0n) is 10.3. The molecule has 1 aromatic carbocycles. The van der Waals surface area contributed by atoms with E-state index in [4.69, 9.17) is 34.8 Å². The summed E-state index contributed by atoms with van der Waals surface area (Å²) in [4.78, 5) is 0.153. The van der Waals surface area contributed by atoms with Crippen LogP contribution < -0.4 is 0 Å². The van der Waals surface area contributed by atoms with Crippen molar-refractivity contribution < 1.29 is 8.42 Å². The van der Waals surface area contributed by atoms with Crippen molar-refractivity contribution in [2.45, 2.75) is 23.6 Å². The molecule has 0 saturated carbocycles. The van der Waals surface area contributed by atoms with E-state index in [1.807, 2.05) is 6.92 Å². The molecule has 2 atom stereocenters. The van der Waals surface area contributed by atoms with Crippen molar-refractivity contribution in [3.05, 3.63) is 28.2 Å². The fourth-order valence-corrected chi connectivity index (χ4v) is 4.24. The maximum atomic E-state index is 12.5. The third kappa shape index (κ3) is 3.19. The second-order valence-corrected chi connectivity index (χ2v) is 8.03. The number of halogens is 3. The van der Waals surface area contributed by atoms with Gasteiger partial charge in [-0.2, -0.15) is 4.31 Å². The first-order valence-corrected chi connectivity index (χ1v) is 8.55. The van der Waals surface area contributed by atoms with E-state index in [0.717, 1.165) is 6.42 Å². The zero-order valence-corrected chi connectivity index (χ0v) is 13.4. The molecular weight excluding hydrogens is 329 g/mol. The summed E-state index contributed by atoms with van der Waals surface area (Å²) in [6.45, 7) is 2.83. The minimum atomic E-state index is -3.55. The van der Waals surface area contributed by atoms with Gasteiger partial charge in [0.1, 0.15) is 0 Å². The van der Waals surface area contributed by atoms with E-state index in [9.17, 15) is 8.42 Å². The molecule has 0 spiro atoms. The van der Waals surface area contributed by atoms with Crippen LogP contribution in [0.4, 0.5) is 0 Å². The average molecular weight is 343 g/mol. The summed E-state index contributed by atoms with van der Waals surface area (Å²) in [7, 11) is -3.55. The van der Waals surface area contributed by atoms with Crippen molar-refractivity contribution >= 4 is 44.8 Å². The number of benzene rings is 1. The summed E-state index contributed by atoms with van der Waals surface area (Å²) in [5, 5.41) is 0.407. The van der Waals surface area contributed by atoms with Gasteiger partial charge in [0.2, 0.25) is 10.0 Å². The third-order valence-electron chi connectivity index (χ3n) is 3.36. The van der Waals surface area contributed by atoms with E-state index in [1.54, 1.807) is 0 Å². The Hall–Kier alpha value is -0.000000000000000167. The summed E-state index contributed by atoms with van der Waals surface area (Å²) >= 11 is 17.8. The quantitative estimate of drug-likeness (QED) is 0.770. The van der Waals surface area contributed by atoms with Crippen LogP contribution in [0.15, 0.2) is 23.1 Å². The smallest absolute Gasteiger partial charge is 0.207 e. The molecule has 0 amide bonds. The fourth-order valence-electron chi connectivity index (χ4n) is 2.00. The largest absolute Gasteiger partial charge is 0.243 e. The topological polar surface area (TPSA) is 37.4 Å². The molecule has 0 radical (unpaired) electrons. The van der Waals surface area contributed by atoms with Gasteiger partial charge < -0.3 is 0 Å². The molecule has 1 aliphatic rings. The number of hydrogen-bond donors (Lipinski definition) is 0. The normalized spacial score (nSPS) is 25.5. The molecule has 3 nitrogen and oxygen atoms in total. The van der Waals surface area contributed by atoms with Gasteiger partial charge in [0.15, 0.2) is 0 Å². The van der Waals surface area contributed by atoms with Crippen LogP contribution in [0.3, 0.4) is 0 Å². The number of rotatable bonds is 2. The minimum absolute atomic E-state index is 0.153. The number of piperidine rings is 1. The van der Waals surface area contributed by atoms with E-state index in [-0.39, 0.29) is 15.3 Å². The Kier molecular flexibility index (Phi) is 4.68. The van der Waals surface area contributed by atoms with Gasteiger partial charge in [0.25, 0.3) is 0 Å². The first-order chi connectivity index (χ1) is 8.82. The minimum Gasteiger partial charge on any atom is -0.207 e. The van der Waals surface area contributed by atoms with Crippen molar-refractivity contribution in [2.24, 2.45) is 5.92 Å². The Morgan fingerprint density at radius 1 is 1.26 bits per heavy atom. The summed E-state index contributed by atoms with van der Waals surface area (Å²) in [5.41, 5.74) is 0. The molecule has 1 fully saturated rings. The van der Waals surface area contributed by atoms with Crippen molar-refractivity contribution in [3.63, 3.8) is 0 Å². The van der Waals surface area contributed by atoms with Gasteiger partial charge in [-0.05, 0) is 30.5 Å². The standard InChI is InChI=1S/C12H14Cl3NO2S/c1-8-4-5-16(7-12(8)15)19(17,18)9-2-3-10(13)11(14)6-9/h2-3,6,8,12H,4-5,7H2,1H3. The lowest BCUT2D eigenvalue weighted by Crippen LogP contribution is -2.43. The van der Waals surface area contributed by atoms with Crippen LogP contribution in [0.25, 0.3) is 0 Å². The highest BCUT2D eigenvalue weighted by atomic mass is 35.5. The van der Waals surface area contributed by atoms with Crippen LogP contribution in [0.2, 0.25) is 10.0 Å². The number of alkyl halides is 1. The second-order valence-electron chi connectivity index (χ2n) is 4.72. The van der Waals surface area contributed by atoms with Crippen molar-refractivity contribution in [1.29, 1.82) is 0 Å². The van der Waals surface area contributed by atoms with E-state index in [2.05, 4.69) is 0 Å². The Morgan fingerprint density at radius 2 is 1.95 bits per heavy atom. The average Bonchev–Trinajstić information content (AvgIpc) is 2.35. The Balaban J connectivity index is 2.29. The monoisotopic (exact) mass is 341 g/mol. The van der Waals surface area contributed by atoms with Crippen LogP contribution in [0, 0.1) is 5.92 Å². The molecule has 7 heteroatoms. The van der Waals surface area contributed by atoms with Crippen molar-refractivity contribution in [1.82, 2.24) is 4.31 Å². The lowest BCUT2D eigenvalue weighted by atomic mass is 10.0. The summed E-state index contributed by atoms with van der Waals surface area (Å²) in [5.74, 6) is 0.321. The van der Waals surface area contributed by atoms with Crippen molar-refractivity contribution in [2.75, 3.05) is 13.1 Å². The third-order valence-corrected chi connectivity index (χ3v) is 6.53. The highest BCUT2D eigenvalue weighted by Crippen LogP contribution is 2.30. The van der Waals surface area contributed by atoms with E-state index in [0.29, 0.717) is 24.0 Å². The summed E-state index contributed by atoms with van der Waals surface area (Å²) in [6.07, 6.45) is 0.759. The van der Waals surface area contributed by atoms with Gasteiger partial charge >= 0.3 is 0 Å². The first-order valence-electron chi connectivity index (χ1n) is 5.91. The van der Waals surface area contributed by atoms with E-state index in [1.165, 1.54) is 22.5 Å². The van der Waals surface area contributed by atoms with Crippen LogP contribution in [-0.2, 0) is 10.0 Å². The molecular formula is C12H14Cl3NO2S.